The lowest BCUT2D eigenvalue weighted by Gasteiger charge is -2.32. The van der Waals surface area contributed by atoms with Gasteiger partial charge in [0.05, 0.1) is 0 Å². The van der Waals surface area contributed by atoms with Crippen molar-refractivity contribution >= 4 is 11.8 Å². The van der Waals surface area contributed by atoms with Gasteiger partial charge in [-0.05, 0) is 43.6 Å². The van der Waals surface area contributed by atoms with Gasteiger partial charge in [0, 0.05) is 16.5 Å². The van der Waals surface area contributed by atoms with Crippen LogP contribution in [0, 0.1) is 17.8 Å². The SMILES string of the molecule is CCNC(CSC(C)(C)C)C1CC2CCC1C2. The molecule has 0 spiro atoms. The van der Waals surface area contributed by atoms with Gasteiger partial charge >= 0.3 is 0 Å². The Balaban J connectivity index is 1.88. The van der Waals surface area contributed by atoms with Crippen molar-refractivity contribution in [3.8, 4) is 0 Å². The summed E-state index contributed by atoms with van der Waals surface area (Å²) in [5.41, 5.74) is 0. The fraction of sp³-hybridized carbons (Fsp3) is 1.00. The lowest BCUT2D eigenvalue weighted by Crippen LogP contribution is -2.41. The highest BCUT2D eigenvalue weighted by Crippen LogP contribution is 2.50. The molecule has 0 aromatic rings. The Kier molecular flexibility index (Phi) is 4.46. The first-order chi connectivity index (χ1) is 7.99. The fourth-order valence-corrected chi connectivity index (χ4v) is 4.77. The third kappa shape index (κ3) is 3.64. The molecule has 0 aromatic heterocycles. The smallest absolute Gasteiger partial charge is 0.0189 e. The van der Waals surface area contributed by atoms with Gasteiger partial charge in [0.25, 0.3) is 0 Å². The van der Waals surface area contributed by atoms with E-state index in [1.807, 2.05) is 0 Å². The average Bonchev–Trinajstić information content (AvgIpc) is 2.84. The lowest BCUT2D eigenvalue weighted by molar-refractivity contribution is 0.266. The van der Waals surface area contributed by atoms with Crippen molar-refractivity contribution < 1.29 is 0 Å². The summed E-state index contributed by atoms with van der Waals surface area (Å²) < 4.78 is 0.408. The first-order valence-electron chi connectivity index (χ1n) is 7.37. The molecule has 0 saturated heterocycles. The van der Waals surface area contributed by atoms with Gasteiger partial charge in [-0.2, -0.15) is 11.8 Å². The van der Waals surface area contributed by atoms with E-state index in [0.29, 0.717) is 4.75 Å². The first-order valence-corrected chi connectivity index (χ1v) is 8.35. The van der Waals surface area contributed by atoms with E-state index in [1.165, 1.54) is 31.4 Å². The minimum atomic E-state index is 0.408. The largest absolute Gasteiger partial charge is 0.313 e. The van der Waals surface area contributed by atoms with Crippen molar-refractivity contribution in [2.24, 2.45) is 17.8 Å². The minimum absolute atomic E-state index is 0.408. The molecule has 17 heavy (non-hydrogen) atoms. The third-order valence-corrected chi connectivity index (χ3v) is 5.86. The molecule has 2 heteroatoms. The molecule has 2 aliphatic carbocycles. The summed E-state index contributed by atoms with van der Waals surface area (Å²) in [7, 11) is 0. The molecule has 0 radical (unpaired) electrons. The number of fused-ring (bicyclic) bond motifs is 2. The molecule has 0 heterocycles. The van der Waals surface area contributed by atoms with Gasteiger partial charge in [0.1, 0.15) is 0 Å². The summed E-state index contributed by atoms with van der Waals surface area (Å²) in [5.74, 6) is 4.39. The van der Waals surface area contributed by atoms with Crippen LogP contribution in [-0.4, -0.2) is 23.1 Å². The number of thioether (sulfide) groups is 1. The molecule has 2 saturated carbocycles. The van der Waals surface area contributed by atoms with Crippen LogP contribution in [0.1, 0.15) is 53.4 Å². The second kappa shape index (κ2) is 5.52. The van der Waals surface area contributed by atoms with Gasteiger partial charge in [0.2, 0.25) is 0 Å². The molecule has 2 fully saturated rings. The van der Waals surface area contributed by atoms with Crippen molar-refractivity contribution in [1.82, 2.24) is 5.32 Å². The maximum absolute atomic E-state index is 3.76. The van der Waals surface area contributed by atoms with Crippen LogP contribution < -0.4 is 5.32 Å². The zero-order valence-electron chi connectivity index (χ0n) is 12.0. The average molecular weight is 255 g/mol. The van der Waals surface area contributed by atoms with Crippen molar-refractivity contribution in [2.45, 2.75) is 64.2 Å². The molecule has 0 amide bonds. The van der Waals surface area contributed by atoms with Crippen LogP contribution in [0.3, 0.4) is 0 Å². The van der Waals surface area contributed by atoms with Crippen LogP contribution in [0.25, 0.3) is 0 Å². The van der Waals surface area contributed by atoms with E-state index in [4.69, 9.17) is 0 Å². The fourth-order valence-electron chi connectivity index (χ4n) is 3.72. The Hall–Kier alpha value is 0.310. The topological polar surface area (TPSA) is 12.0 Å². The summed E-state index contributed by atoms with van der Waals surface area (Å²) in [6, 6.07) is 0.763. The minimum Gasteiger partial charge on any atom is -0.313 e. The number of rotatable bonds is 5. The van der Waals surface area contributed by atoms with Crippen molar-refractivity contribution in [1.29, 1.82) is 0 Å². The summed E-state index contributed by atoms with van der Waals surface area (Å²) in [4.78, 5) is 0. The molecule has 1 N–H and O–H groups in total. The monoisotopic (exact) mass is 255 g/mol. The predicted molar refractivity (Wildman–Crippen MR) is 78.6 cm³/mol. The molecule has 4 atom stereocenters. The Bertz CT molecular complexity index is 246. The van der Waals surface area contributed by atoms with E-state index in [9.17, 15) is 0 Å². The van der Waals surface area contributed by atoms with Gasteiger partial charge in [-0.3, -0.25) is 0 Å². The Labute approximate surface area is 112 Å². The van der Waals surface area contributed by atoms with E-state index in [-0.39, 0.29) is 0 Å². The van der Waals surface area contributed by atoms with E-state index in [1.54, 1.807) is 0 Å². The maximum atomic E-state index is 3.76. The van der Waals surface area contributed by atoms with Crippen LogP contribution in [0.4, 0.5) is 0 Å². The highest BCUT2D eigenvalue weighted by atomic mass is 32.2. The molecular weight excluding hydrogens is 226 g/mol. The van der Waals surface area contributed by atoms with Crippen LogP contribution in [0.5, 0.6) is 0 Å². The normalized spacial score (nSPS) is 34.2. The Morgan fingerprint density at radius 3 is 2.47 bits per heavy atom. The molecule has 1 nitrogen and oxygen atoms in total. The summed E-state index contributed by atoms with van der Waals surface area (Å²) in [6.45, 7) is 10.4. The second-order valence-corrected chi connectivity index (χ2v) is 8.77. The third-order valence-electron chi connectivity index (χ3n) is 4.47. The van der Waals surface area contributed by atoms with E-state index in [0.717, 1.165) is 30.3 Å². The molecule has 2 rings (SSSR count). The molecule has 0 aromatic carbocycles. The standard InChI is InChI=1S/C15H29NS/c1-5-16-14(10-17-15(2,3)4)13-9-11-6-7-12(13)8-11/h11-14,16H,5-10H2,1-4H3. The highest BCUT2D eigenvalue weighted by molar-refractivity contribution is 8.00. The number of hydrogen-bond donors (Lipinski definition) is 1. The number of nitrogens with one attached hydrogen (secondary N) is 1. The van der Waals surface area contributed by atoms with Crippen LogP contribution in [0.2, 0.25) is 0 Å². The van der Waals surface area contributed by atoms with Crippen molar-refractivity contribution in [3.05, 3.63) is 0 Å². The van der Waals surface area contributed by atoms with Gasteiger partial charge in [-0.25, -0.2) is 0 Å². The summed E-state index contributed by atoms with van der Waals surface area (Å²) >= 11 is 2.13. The van der Waals surface area contributed by atoms with E-state index < -0.39 is 0 Å². The van der Waals surface area contributed by atoms with E-state index >= 15 is 0 Å². The van der Waals surface area contributed by atoms with Gasteiger partial charge in [-0.15, -0.1) is 0 Å². The number of hydrogen-bond acceptors (Lipinski definition) is 2. The highest BCUT2D eigenvalue weighted by Gasteiger charge is 2.42. The molecular formula is C15H29NS. The molecule has 4 unspecified atom stereocenters. The van der Waals surface area contributed by atoms with Crippen LogP contribution >= 0.6 is 11.8 Å². The maximum Gasteiger partial charge on any atom is 0.0189 e. The molecule has 100 valence electrons. The Morgan fingerprint density at radius 1 is 1.24 bits per heavy atom. The van der Waals surface area contributed by atoms with Crippen LogP contribution in [-0.2, 0) is 0 Å². The molecule has 2 aliphatic rings. The first kappa shape index (κ1) is 13.7. The molecule has 2 bridgehead atoms. The quantitative estimate of drug-likeness (QED) is 0.799. The zero-order valence-corrected chi connectivity index (χ0v) is 12.8. The lowest BCUT2D eigenvalue weighted by atomic mass is 9.84. The predicted octanol–water partition coefficient (Wildman–Crippen LogP) is 3.93. The second-order valence-electron chi connectivity index (χ2n) is 6.93. The summed E-state index contributed by atoms with van der Waals surface area (Å²) in [6.07, 6.45) is 6.07. The van der Waals surface area contributed by atoms with Gasteiger partial charge in [-0.1, -0.05) is 34.1 Å². The van der Waals surface area contributed by atoms with Gasteiger partial charge < -0.3 is 5.32 Å². The Morgan fingerprint density at radius 2 is 2.00 bits per heavy atom. The van der Waals surface area contributed by atoms with Crippen LogP contribution in [0.15, 0.2) is 0 Å². The van der Waals surface area contributed by atoms with Gasteiger partial charge in [0.15, 0.2) is 0 Å². The van der Waals surface area contributed by atoms with E-state index in [2.05, 4.69) is 44.8 Å². The summed E-state index contributed by atoms with van der Waals surface area (Å²) in [5, 5.41) is 3.76. The van der Waals surface area contributed by atoms with Crippen molar-refractivity contribution in [3.63, 3.8) is 0 Å². The zero-order chi connectivity index (χ0) is 12.5. The molecule has 0 aliphatic heterocycles. The van der Waals surface area contributed by atoms with Crippen molar-refractivity contribution in [2.75, 3.05) is 12.3 Å².